The zero-order chi connectivity index (χ0) is 29.7. The summed E-state index contributed by atoms with van der Waals surface area (Å²) < 4.78 is 69.1. The Morgan fingerprint density at radius 1 is 1.25 bits per heavy atom. The Labute approximate surface area is 229 Å². The van der Waals surface area contributed by atoms with E-state index in [2.05, 4.69) is 4.98 Å². The van der Waals surface area contributed by atoms with Gasteiger partial charge in [-0.3, -0.25) is 9.69 Å². The average molecular weight is 592 g/mol. The molecule has 3 heterocycles. The molecule has 4 amide bonds. The van der Waals surface area contributed by atoms with Crippen molar-refractivity contribution in [1.82, 2.24) is 14.8 Å². The molecule has 2 fully saturated rings. The van der Waals surface area contributed by atoms with Crippen molar-refractivity contribution in [1.29, 1.82) is 0 Å². The fourth-order valence-corrected chi connectivity index (χ4v) is 4.95. The Morgan fingerprint density at radius 2 is 1.93 bits per heavy atom. The maximum absolute atomic E-state index is 14.7. The normalized spacial score (nSPS) is 21.4. The summed E-state index contributed by atoms with van der Waals surface area (Å²) in [4.78, 5) is 45.8. The number of aromatic nitrogens is 1. The molecule has 2 unspecified atom stereocenters. The van der Waals surface area contributed by atoms with Gasteiger partial charge in [0.1, 0.15) is 28.3 Å². The second-order valence-electron chi connectivity index (χ2n) is 9.67. The molecule has 0 saturated carbocycles. The van der Waals surface area contributed by atoms with Crippen LogP contribution < -0.4 is 9.80 Å². The maximum atomic E-state index is 14.7. The highest BCUT2D eigenvalue weighted by Crippen LogP contribution is 2.35. The number of alkyl halides is 3. The van der Waals surface area contributed by atoms with E-state index >= 15 is 0 Å². The third-order valence-electron chi connectivity index (χ3n) is 6.78. The van der Waals surface area contributed by atoms with Crippen LogP contribution in [0.3, 0.4) is 0 Å². The van der Waals surface area contributed by atoms with Crippen molar-refractivity contribution in [3.05, 3.63) is 52.2 Å². The number of carboxylic acid groups (broad SMARTS) is 1. The molecule has 16 heteroatoms. The van der Waals surface area contributed by atoms with Crippen LogP contribution in [-0.4, -0.2) is 87.9 Å². The van der Waals surface area contributed by atoms with Gasteiger partial charge in [-0.25, -0.2) is 23.4 Å². The molecular formula is C24H23ClF5N5O5. The molecule has 40 heavy (non-hydrogen) atoms. The van der Waals surface area contributed by atoms with Crippen LogP contribution in [-0.2, 0) is 11.0 Å². The Morgan fingerprint density at radius 3 is 2.52 bits per heavy atom. The van der Waals surface area contributed by atoms with E-state index in [-0.39, 0.29) is 25.2 Å². The molecule has 10 nitrogen and oxygen atoms in total. The molecule has 2 N–H and O–H groups in total. The minimum absolute atomic E-state index is 0.0261. The number of nitrogens with zero attached hydrogens (tertiary/aromatic N) is 5. The number of likely N-dealkylation sites (N-methyl/N-ethyl adjacent to an activating group) is 1. The van der Waals surface area contributed by atoms with Crippen LogP contribution in [0.5, 0.6) is 0 Å². The number of likely N-dealkylation sites (tertiary alicyclic amines) is 1. The topological polar surface area (TPSA) is 118 Å². The Kier molecular flexibility index (Phi) is 7.58. The molecule has 2 aliphatic heterocycles. The lowest BCUT2D eigenvalue weighted by atomic mass is 10.0. The molecule has 2 aliphatic rings. The largest absolute Gasteiger partial charge is 0.465 e. The first kappa shape index (κ1) is 29.3. The fraction of sp³-hybridized carbons (Fsp3) is 0.417. The minimum atomic E-state index is -4.81. The molecule has 2 atom stereocenters. The summed E-state index contributed by atoms with van der Waals surface area (Å²) in [7, 11) is 1.11. The van der Waals surface area contributed by atoms with Crippen molar-refractivity contribution < 1.29 is 46.5 Å². The highest BCUT2D eigenvalue weighted by molar-refractivity contribution is 6.31. The smallest absolute Gasteiger partial charge is 0.416 e. The third kappa shape index (κ3) is 5.47. The van der Waals surface area contributed by atoms with Crippen molar-refractivity contribution in [3.8, 4) is 0 Å². The van der Waals surface area contributed by atoms with Gasteiger partial charge in [0, 0.05) is 19.3 Å². The fourth-order valence-electron chi connectivity index (χ4n) is 4.79. The van der Waals surface area contributed by atoms with Crippen LogP contribution in [0.15, 0.2) is 24.3 Å². The van der Waals surface area contributed by atoms with Crippen LogP contribution in [0.2, 0.25) is 5.02 Å². The lowest BCUT2D eigenvalue weighted by Gasteiger charge is -2.28. The average Bonchev–Trinajstić information content (AvgIpc) is 3.41. The molecule has 0 radical (unpaired) electrons. The number of amides is 4. The molecule has 1 aromatic heterocycles. The van der Waals surface area contributed by atoms with Gasteiger partial charge in [-0.15, -0.1) is 0 Å². The van der Waals surface area contributed by atoms with Crippen molar-refractivity contribution in [3.63, 3.8) is 0 Å². The number of rotatable bonds is 5. The first-order chi connectivity index (χ1) is 18.5. The standard InChI is InChI=1S/C24H23ClF5N5O5/c1-12-7-13(24(28,29)30)8-17(31-12)35-16(20(36)32(2)15-4-3-14(26)18(25)19(15)27)9-34(21(35)37)11-23(40)5-6-33(10-23)22(38)39/h3-4,7-8,16,40H,5-6,9-11H2,1-2H3,(H,38,39). The van der Waals surface area contributed by atoms with Gasteiger partial charge in [0.05, 0.1) is 30.9 Å². The number of hydrogen-bond acceptors (Lipinski definition) is 5. The molecule has 2 aromatic rings. The van der Waals surface area contributed by atoms with Crippen LogP contribution in [0.1, 0.15) is 17.7 Å². The van der Waals surface area contributed by atoms with Gasteiger partial charge in [-0.05, 0) is 37.6 Å². The summed E-state index contributed by atoms with van der Waals surface area (Å²) in [6, 6.07) is 0.537. The lowest BCUT2D eigenvalue weighted by molar-refractivity contribution is -0.137. The van der Waals surface area contributed by atoms with Crippen LogP contribution in [0.4, 0.5) is 43.0 Å². The summed E-state index contributed by atoms with van der Waals surface area (Å²) in [5.74, 6) is -3.85. The van der Waals surface area contributed by atoms with Gasteiger partial charge >= 0.3 is 18.3 Å². The number of carbonyl (C=O) groups excluding carboxylic acids is 2. The first-order valence-electron chi connectivity index (χ1n) is 11.8. The van der Waals surface area contributed by atoms with Gasteiger partial charge in [0.15, 0.2) is 5.82 Å². The molecule has 216 valence electrons. The Hall–Kier alpha value is -3.72. The molecule has 2 saturated heterocycles. The zero-order valence-corrected chi connectivity index (χ0v) is 21.8. The molecule has 0 spiro atoms. The summed E-state index contributed by atoms with van der Waals surface area (Å²) in [5, 5.41) is 19.3. The first-order valence-corrected chi connectivity index (χ1v) is 12.2. The predicted octanol–water partition coefficient (Wildman–Crippen LogP) is 3.73. The second-order valence-corrected chi connectivity index (χ2v) is 10.1. The molecule has 1 aromatic carbocycles. The monoisotopic (exact) mass is 591 g/mol. The van der Waals surface area contributed by atoms with Crippen LogP contribution >= 0.6 is 11.6 Å². The van der Waals surface area contributed by atoms with Crippen LogP contribution in [0, 0.1) is 18.6 Å². The number of urea groups is 1. The summed E-state index contributed by atoms with van der Waals surface area (Å²) in [5.41, 5.74) is -3.40. The van der Waals surface area contributed by atoms with Crippen molar-refractivity contribution >= 4 is 41.1 Å². The van der Waals surface area contributed by atoms with E-state index in [0.29, 0.717) is 11.0 Å². The number of halogens is 6. The number of anilines is 2. The number of benzene rings is 1. The van der Waals surface area contributed by atoms with Gasteiger partial charge in [0.2, 0.25) is 0 Å². The van der Waals surface area contributed by atoms with Crippen molar-refractivity contribution in [2.24, 2.45) is 0 Å². The molecule has 4 rings (SSSR count). The predicted molar refractivity (Wildman–Crippen MR) is 131 cm³/mol. The van der Waals surface area contributed by atoms with Gasteiger partial charge < -0.3 is 24.9 Å². The number of pyridine rings is 1. The van der Waals surface area contributed by atoms with Crippen LogP contribution in [0.25, 0.3) is 0 Å². The van der Waals surface area contributed by atoms with Gasteiger partial charge in [0.25, 0.3) is 5.91 Å². The number of aryl methyl sites for hydroxylation is 1. The van der Waals surface area contributed by atoms with Crippen molar-refractivity contribution in [2.45, 2.75) is 31.2 Å². The Bertz CT molecular complexity index is 1380. The van der Waals surface area contributed by atoms with E-state index in [4.69, 9.17) is 11.6 Å². The molecular weight excluding hydrogens is 569 g/mol. The van der Waals surface area contributed by atoms with Gasteiger partial charge in [-0.2, -0.15) is 13.2 Å². The SMILES string of the molecule is Cc1cc(C(F)(F)F)cc(N2C(=O)N(CC3(O)CCN(C(=O)O)C3)CC2C(=O)N(C)c2ccc(F)c(Cl)c2F)n1. The maximum Gasteiger partial charge on any atom is 0.416 e. The lowest BCUT2D eigenvalue weighted by Crippen LogP contribution is -2.47. The summed E-state index contributed by atoms with van der Waals surface area (Å²) in [6.45, 7) is -0.0245. The van der Waals surface area contributed by atoms with E-state index in [1.54, 1.807) is 0 Å². The third-order valence-corrected chi connectivity index (χ3v) is 7.12. The van der Waals surface area contributed by atoms with Crippen molar-refractivity contribution in [2.75, 3.05) is 43.0 Å². The number of carbonyl (C=O) groups is 3. The number of β-amino-alcohol motifs (C(OH)–C–C–N with tert-alkyl or cyclic N) is 1. The highest BCUT2D eigenvalue weighted by Gasteiger charge is 2.49. The molecule has 0 aliphatic carbocycles. The van der Waals surface area contributed by atoms with E-state index in [1.807, 2.05) is 0 Å². The molecule has 0 bridgehead atoms. The summed E-state index contributed by atoms with van der Waals surface area (Å²) >= 11 is 5.63. The van der Waals surface area contributed by atoms with E-state index in [9.17, 15) is 46.5 Å². The Balaban J connectivity index is 1.73. The van der Waals surface area contributed by atoms with Gasteiger partial charge in [-0.1, -0.05) is 11.6 Å². The minimum Gasteiger partial charge on any atom is -0.465 e. The van der Waals surface area contributed by atoms with E-state index < -0.39 is 82.7 Å². The number of aliphatic hydroxyl groups is 1. The number of hydrogen-bond donors (Lipinski definition) is 2. The zero-order valence-electron chi connectivity index (χ0n) is 21.0. The highest BCUT2D eigenvalue weighted by atomic mass is 35.5. The quantitative estimate of drug-likeness (QED) is 0.404. The van der Waals surface area contributed by atoms with E-state index in [0.717, 1.165) is 39.9 Å². The summed E-state index contributed by atoms with van der Waals surface area (Å²) in [6.07, 6.45) is -6.14. The van der Waals surface area contributed by atoms with E-state index in [1.165, 1.54) is 6.92 Å². The second kappa shape index (κ2) is 10.4.